The van der Waals surface area contributed by atoms with Gasteiger partial charge in [-0.05, 0) is 68.4 Å². The topological polar surface area (TPSA) is 45.7 Å². The minimum atomic E-state index is 0.0846. The molecule has 0 unspecified atom stereocenters. The number of fused-ring (bicyclic) bond motifs is 1. The van der Waals surface area contributed by atoms with Crippen molar-refractivity contribution in [2.75, 3.05) is 43.9 Å². The lowest BCUT2D eigenvalue weighted by Gasteiger charge is -2.24. The Morgan fingerprint density at radius 1 is 1.06 bits per heavy atom. The highest BCUT2D eigenvalue weighted by Crippen LogP contribution is 2.32. The van der Waals surface area contributed by atoms with Crippen LogP contribution in [0.3, 0.4) is 0 Å². The summed E-state index contributed by atoms with van der Waals surface area (Å²) in [6.07, 6.45) is 0. The van der Waals surface area contributed by atoms with Gasteiger partial charge in [0, 0.05) is 18.0 Å². The number of benzene rings is 2. The van der Waals surface area contributed by atoms with E-state index < -0.39 is 0 Å². The fourth-order valence-electron chi connectivity index (χ4n) is 3.33. The van der Waals surface area contributed by atoms with Gasteiger partial charge >= 0.3 is 0 Å². The summed E-state index contributed by atoms with van der Waals surface area (Å²) in [6.45, 7) is 11.9. The van der Waals surface area contributed by atoms with Crippen molar-refractivity contribution in [2.24, 2.45) is 0 Å². The Morgan fingerprint density at radius 3 is 2.42 bits per heavy atom. The molecule has 0 bridgehead atoms. The molecule has 0 aliphatic heterocycles. The Balaban J connectivity index is 1.81. The van der Waals surface area contributed by atoms with Crippen molar-refractivity contribution in [3.8, 4) is 5.75 Å². The molecular formula is C24H31N3O2S2. The summed E-state index contributed by atoms with van der Waals surface area (Å²) in [5.41, 5.74) is 3.41. The first-order chi connectivity index (χ1) is 15.0. The zero-order chi connectivity index (χ0) is 22.4. The van der Waals surface area contributed by atoms with Crippen molar-refractivity contribution in [1.82, 2.24) is 9.88 Å². The molecule has 0 aliphatic rings. The van der Waals surface area contributed by atoms with Crippen molar-refractivity contribution >= 4 is 44.4 Å². The van der Waals surface area contributed by atoms with Gasteiger partial charge in [0.15, 0.2) is 5.13 Å². The summed E-state index contributed by atoms with van der Waals surface area (Å²) in [7, 11) is 1.65. The molecule has 31 heavy (non-hydrogen) atoms. The third-order valence-electron chi connectivity index (χ3n) is 5.56. The monoisotopic (exact) mass is 457 g/mol. The van der Waals surface area contributed by atoms with Gasteiger partial charge in [0.1, 0.15) is 5.75 Å². The molecule has 3 rings (SSSR count). The van der Waals surface area contributed by atoms with Gasteiger partial charge in [-0.25, -0.2) is 4.98 Å². The molecule has 1 heterocycles. The van der Waals surface area contributed by atoms with E-state index in [4.69, 9.17) is 9.72 Å². The number of hydrogen-bond acceptors (Lipinski definition) is 6. The number of carbonyl (C=O) groups excluding carboxylic acids is 1. The van der Waals surface area contributed by atoms with Crippen molar-refractivity contribution in [1.29, 1.82) is 0 Å². The maximum atomic E-state index is 13.3. The van der Waals surface area contributed by atoms with Crippen LogP contribution in [0.5, 0.6) is 5.75 Å². The summed E-state index contributed by atoms with van der Waals surface area (Å²) >= 11 is 3.15. The molecule has 0 spiro atoms. The number of methoxy groups -OCH3 is 1. The van der Waals surface area contributed by atoms with Crippen LogP contribution in [0.1, 0.15) is 25.0 Å². The first kappa shape index (κ1) is 23.6. The van der Waals surface area contributed by atoms with E-state index in [1.807, 2.05) is 29.2 Å². The van der Waals surface area contributed by atoms with E-state index in [1.54, 1.807) is 30.2 Å². The first-order valence-corrected chi connectivity index (χ1v) is 12.4. The SMILES string of the molecule is CCN(CC)CCN(C(=O)CSc1ccc(OC)cc1)c1nc2c(C)c(C)ccc2s1. The van der Waals surface area contributed by atoms with E-state index in [0.29, 0.717) is 12.3 Å². The van der Waals surface area contributed by atoms with E-state index in [0.717, 1.165) is 45.6 Å². The average Bonchev–Trinajstić information content (AvgIpc) is 3.22. The summed E-state index contributed by atoms with van der Waals surface area (Å²) in [5, 5.41) is 0.788. The number of carbonyl (C=O) groups is 1. The van der Waals surface area contributed by atoms with Crippen LogP contribution in [0.4, 0.5) is 5.13 Å². The first-order valence-electron chi connectivity index (χ1n) is 10.6. The Hall–Kier alpha value is -2.09. The summed E-state index contributed by atoms with van der Waals surface area (Å²) in [5.74, 6) is 1.27. The molecule has 0 fully saturated rings. The number of anilines is 1. The molecule has 0 atom stereocenters. The molecule has 7 heteroatoms. The molecule has 166 valence electrons. The molecule has 2 aromatic carbocycles. The number of amides is 1. The Kier molecular flexibility index (Phi) is 8.35. The van der Waals surface area contributed by atoms with Crippen LogP contribution in [0, 0.1) is 13.8 Å². The van der Waals surface area contributed by atoms with Gasteiger partial charge < -0.3 is 9.64 Å². The van der Waals surface area contributed by atoms with Crippen LogP contribution in [0.2, 0.25) is 0 Å². The number of aromatic nitrogens is 1. The predicted molar refractivity (Wildman–Crippen MR) is 133 cm³/mol. The van der Waals surface area contributed by atoms with E-state index >= 15 is 0 Å². The van der Waals surface area contributed by atoms with Gasteiger partial charge in [0.25, 0.3) is 0 Å². The van der Waals surface area contributed by atoms with Gasteiger partial charge in [-0.15, -0.1) is 11.8 Å². The van der Waals surface area contributed by atoms with Crippen LogP contribution in [-0.4, -0.2) is 54.8 Å². The fourth-order valence-corrected chi connectivity index (χ4v) is 5.18. The zero-order valence-electron chi connectivity index (χ0n) is 19.0. The molecule has 5 nitrogen and oxygen atoms in total. The summed E-state index contributed by atoms with van der Waals surface area (Å²) < 4.78 is 6.34. The summed E-state index contributed by atoms with van der Waals surface area (Å²) in [6, 6.07) is 12.0. The predicted octanol–water partition coefficient (Wildman–Crippen LogP) is 5.39. The van der Waals surface area contributed by atoms with Crippen molar-refractivity contribution in [3.63, 3.8) is 0 Å². The third-order valence-corrected chi connectivity index (χ3v) is 7.60. The number of thiazole rings is 1. The number of ether oxygens (including phenoxy) is 1. The molecule has 1 aromatic heterocycles. The highest BCUT2D eigenvalue weighted by Gasteiger charge is 2.21. The van der Waals surface area contributed by atoms with Crippen LogP contribution >= 0.6 is 23.1 Å². The van der Waals surface area contributed by atoms with Gasteiger partial charge in [0.05, 0.1) is 23.1 Å². The van der Waals surface area contributed by atoms with Gasteiger partial charge in [-0.2, -0.15) is 0 Å². The number of hydrogen-bond donors (Lipinski definition) is 0. The molecule has 0 saturated heterocycles. The number of likely N-dealkylation sites (N-methyl/N-ethyl adjacent to an activating group) is 1. The van der Waals surface area contributed by atoms with Crippen LogP contribution < -0.4 is 9.64 Å². The second kappa shape index (κ2) is 11.0. The number of nitrogens with zero attached hydrogens (tertiary/aromatic N) is 3. The van der Waals surface area contributed by atoms with E-state index in [2.05, 4.69) is 44.7 Å². The minimum Gasteiger partial charge on any atom is -0.497 e. The highest BCUT2D eigenvalue weighted by molar-refractivity contribution is 8.00. The lowest BCUT2D eigenvalue weighted by Crippen LogP contribution is -2.39. The van der Waals surface area contributed by atoms with Gasteiger partial charge in [-0.3, -0.25) is 9.69 Å². The fraction of sp³-hybridized carbons (Fsp3) is 0.417. The van der Waals surface area contributed by atoms with Crippen LogP contribution in [-0.2, 0) is 4.79 Å². The lowest BCUT2D eigenvalue weighted by atomic mass is 10.1. The second-order valence-electron chi connectivity index (χ2n) is 7.39. The Bertz CT molecular complexity index is 1010. The maximum absolute atomic E-state index is 13.3. The van der Waals surface area contributed by atoms with Crippen LogP contribution in [0.25, 0.3) is 10.2 Å². The van der Waals surface area contributed by atoms with Crippen molar-refractivity contribution in [2.45, 2.75) is 32.6 Å². The van der Waals surface area contributed by atoms with E-state index in [9.17, 15) is 4.79 Å². The van der Waals surface area contributed by atoms with Crippen molar-refractivity contribution in [3.05, 3.63) is 47.5 Å². The summed E-state index contributed by atoms with van der Waals surface area (Å²) in [4.78, 5) is 23.4. The minimum absolute atomic E-state index is 0.0846. The maximum Gasteiger partial charge on any atom is 0.239 e. The largest absolute Gasteiger partial charge is 0.497 e. The molecule has 3 aromatic rings. The van der Waals surface area contributed by atoms with E-state index in [1.165, 1.54) is 11.1 Å². The molecule has 0 radical (unpaired) electrons. The van der Waals surface area contributed by atoms with Crippen LogP contribution in [0.15, 0.2) is 41.3 Å². The standard InChI is InChI=1S/C24H31N3O2S2/c1-6-26(7-2)14-15-27(22(28)16-30-20-11-9-19(29-5)10-12-20)24-25-23-18(4)17(3)8-13-21(23)31-24/h8-13H,6-7,14-16H2,1-5H3. The van der Waals surface area contributed by atoms with E-state index in [-0.39, 0.29) is 5.91 Å². The molecular weight excluding hydrogens is 426 g/mol. The second-order valence-corrected chi connectivity index (χ2v) is 9.44. The van der Waals surface area contributed by atoms with Gasteiger partial charge in [-0.1, -0.05) is 31.3 Å². The highest BCUT2D eigenvalue weighted by atomic mass is 32.2. The number of aryl methyl sites for hydroxylation is 2. The zero-order valence-corrected chi connectivity index (χ0v) is 20.6. The lowest BCUT2D eigenvalue weighted by molar-refractivity contribution is -0.116. The molecule has 1 amide bonds. The quantitative estimate of drug-likeness (QED) is 0.382. The smallest absolute Gasteiger partial charge is 0.239 e. The normalized spacial score (nSPS) is 11.3. The Morgan fingerprint density at radius 2 is 1.77 bits per heavy atom. The van der Waals surface area contributed by atoms with Crippen molar-refractivity contribution < 1.29 is 9.53 Å². The molecule has 0 saturated carbocycles. The number of thioether (sulfide) groups is 1. The number of rotatable bonds is 10. The van der Waals surface area contributed by atoms with Gasteiger partial charge in [0.2, 0.25) is 5.91 Å². The molecule has 0 aliphatic carbocycles. The molecule has 0 N–H and O–H groups in total. The Labute approximate surface area is 193 Å². The average molecular weight is 458 g/mol. The third kappa shape index (κ3) is 5.79.